The molecule has 1 N–H and O–H groups in total. The number of benzene rings is 2. The average molecular weight is 362 g/mol. The number of carbonyl (C=O) groups excluding carboxylic acids is 1. The number of rotatable bonds is 3. The van der Waals surface area contributed by atoms with Crippen LogP contribution >= 0.6 is 0 Å². The molecule has 0 aliphatic carbocycles. The second kappa shape index (κ2) is 6.35. The highest BCUT2D eigenvalue weighted by molar-refractivity contribution is 6.11. The molecule has 0 fully saturated rings. The van der Waals surface area contributed by atoms with Crippen molar-refractivity contribution in [2.24, 2.45) is 0 Å². The number of hydrogen-bond acceptors (Lipinski definition) is 5. The van der Waals surface area contributed by atoms with Crippen LogP contribution in [0.15, 0.2) is 51.7 Å². The van der Waals surface area contributed by atoms with Crippen molar-refractivity contribution in [2.75, 3.05) is 5.32 Å². The summed E-state index contributed by atoms with van der Waals surface area (Å²) in [4.78, 5) is 29.8. The Hall–Kier alpha value is -3.48. The second-order valence-corrected chi connectivity index (χ2v) is 6.61. The van der Waals surface area contributed by atoms with Gasteiger partial charge in [0.15, 0.2) is 17.2 Å². The minimum atomic E-state index is -0.392. The van der Waals surface area contributed by atoms with Crippen molar-refractivity contribution in [3.63, 3.8) is 0 Å². The number of nitrogens with zero attached hydrogens (tertiary/aromatic N) is 3. The van der Waals surface area contributed by atoms with E-state index in [2.05, 4.69) is 15.4 Å². The highest BCUT2D eigenvalue weighted by Crippen LogP contribution is 2.21. The molecular formula is C20H18N4O3. The first kappa shape index (κ1) is 17.0. The molecule has 0 radical (unpaired) electrons. The molecule has 27 heavy (non-hydrogen) atoms. The molecule has 4 rings (SSSR count). The molecule has 0 spiro atoms. The first-order valence-corrected chi connectivity index (χ1v) is 8.64. The van der Waals surface area contributed by atoms with Gasteiger partial charge in [0, 0.05) is 24.1 Å². The maximum absolute atomic E-state index is 12.9. The van der Waals surface area contributed by atoms with Crippen molar-refractivity contribution in [2.45, 2.75) is 26.8 Å². The number of carbonyl (C=O) groups is 1. The summed E-state index contributed by atoms with van der Waals surface area (Å²) in [5.41, 5.74) is 1.87. The molecule has 1 amide bonds. The van der Waals surface area contributed by atoms with E-state index in [0.29, 0.717) is 27.9 Å². The van der Waals surface area contributed by atoms with Crippen molar-refractivity contribution >= 4 is 33.5 Å². The van der Waals surface area contributed by atoms with Gasteiger partial charge in [-0.25, -0.2) is 9.67 Å². The van der Waals surface area contributed by atoms with Crippen LogP contribution in [0.25, 0.3) is 21.9 Å². The van der Waals surface area contributed by atoms with Gasteiger partial charge in [-0.2, -0.15) is 5.10 Å². The Morgan fingerprint density at radius 1 is 1.15 bits per heavy atom. The molecular weight excluding hydrogens is 344 g/mol. The number of anilines is 1. The average Bonchev–Trinajstić information content (AvgIpc) is 3.01. The topological polar surface area (TPSA) is 90.0 Å². The van der Waals surface area contributed by atoms with E-state index in [0.717, 1.165) is 5.52 Å². The molecule has 2 heterocycles. The molecule has 0 aliphatic heterocycles. The summed E-state index contributed by atoms with van der Waals surface area (Å²) in [6, 6.07) is 12.1. The van der Waals surface area contributed by atoms with E-state index in [4.69, 9.17) is 4.42 Å². The third kappa shape index (κ3) is 2.97. The lowest BCUT2D eigenvalue weighted by molar-refractivity contribution is 0.102. The van der Waals surface area contributed by atoms with E-state index in [1.165, 1.54) is 4.68 Å². The minimum absolute atomic E-state index is 0.165. The number of amides is 1. The molecule has 2 aromatic heterocycles. The largest absolute Gasteiger partial charge is 0.441 e. The zero-order valence-electron chi connectivity index (χ0n) is 15.2. The monoisotopic (exact) mass is 362 g/mol. The fourth-order valence-electron chi connectivity index (χ4n) is 3.03. The Labute approximate surface area is 154 Å². The van der Waals surface area contributed by atoms with Gasteiger partial charge in [0.1, 0.15) is 5.52 Å². The Balaban J connectivity index is 1.79. The lowest BCUT2D eigenvalue weighted by Crippen LogP contribution is -2.28. The Bertz CT molecular complexity index is 1240. The summed E-state index contributed by atoms with van der Waals surface area (Å²) >= 11 is 0. The van der Waals surface area contributed by atoms with Crippen LogP contribution in [0.5, 0.6) is 0 Å². The Morgan fingerprint density at radius 3 is 2.63 bits per heavy atom. The molecule has 0 saturated carbocycles. The first-order chi connectivity index (χ1) is 12.9. The van der Waals surface area contributed by atoms with Gasteiger partial charge in [0.25, 0.3) is 11.5 Å². The van der Waals surface area contributed by atoms with Gasteiger partial charge >= 0.3 is 0 Å². The van der Waals surface area contributed by atoms with Crippen molar-refractivity contribution in [1.82, 2.24) is 14.8 Å². The van der Waals surface area contributed by atoms with Gasteiger partial charge in [-0.3, -0.25) is 9.59 Å². The quantitative estimate of drug-likeness (QED) is 0.600. The minimum Gasteiger partial charge on any atom is -0.441 e. The fourth-order valence-corrected chi connectivity index (χ4v) is 3.03. The number of aryl methyl sites for hydroxylation is 1. The summed E-state index contributed by atoms with van der Waals surface area (Å²) in [7, 11) is 0. The van der Waals surface area contributed by atoms with Crippen molar-refractivity contribution in [1.29, 1.82) is 0 Å². The predicted molar refractivity (Wildman–Crippen MR) is 103 cm³/mol. The number of fused-ring (bicyclic) bond motifs is 2. The molecule has 7 heteroatoms. The van der Waals surface area contributed by atoms with Gasteiger partial charge in [-0.1, -0.05) is 18.2 Å². The van der Waals surface area contributed by atoms with Crippen molar-refractivity contribution in [3.05, 3.63) is 64.4 Å². The van der Waals surface area contributed by atoms with Crippen LogP contribution in [0.4, 0.5) is 5.69 Å². The third-order valence-electron chi connectivity index (χ3n) is 4.29. The highest BCUT2D eigenvalue weighted by atomic mass is 16.3. The first-order valence-electron chi connectivity index (χ1n) is 8.64. The Kier molecular flexibility index (Phi) is 3.99. The highest BCUT2D eigenvalue weighted by Gasteiger charge is 2.18. The van der Waals surface area contributed by atoms with Crippen LogP contribution in [-0.2, 0) is 0 Å². The second-order valence-electron chi connectivity index (χ2n) is 6.61. The lowest BCUT2D eigenvalue weighted by Gasteiger charge is -2.13. The molecule has 0 saturated heterocycles. The van der Waals surface area contributed by atoms with E-state index >= 15 is 0 Å². The molecule has 7 nitrogen and oxygen atoms in total. The summed E-state index contributed by atoms with van der Waals surface area (Å²) in [6.07, 6.45) is 0. The Morgan fingerprint density at radius 2 is 1.89 bits per heavy atom. The summed E-state index contributed by atoms with van der Waals surface area (Å²) in [6.45, 7) is 5.47. The smallest absolute Gasteiger partial charge is 0.276 e. The van der Waals surface area contributed by atoms with E-state index in [1.54, 1.807) is 49.4 Å². The van der Waals surface area contributed by atoms with Gasteiger partial charge in [0.2, 0.25) is 0 Å². The van der Waals surface area contributed by atoms with Crippen molar-refractivity contribution < 1.29 is 9.21 Å². The van der Waals surface area contributed by atoms with Crippen LogP contribution in [0.3, 0.4) is 0 Å². The zero-order valence-corrected chi connectivity index (χ0v) is 15.2. The normalized spacial score (nSPS) is 11.4. The van der Waals surface area contributed by atoms with Crippen LogP contribution in [-0.4, -0.2) is 20.7 Å². The van der Waals surface area contributed by atoms with E-state index in [1.807, 2.05) is 13.8 Å². The van der Waals surface area contributed by atoms with Gasteiger partial charge in [-0.15, -0.1) is 0 Å². The molecule has 2 aromatic carbocycles. The summed E-state index contributed by atoms with van der Waals surface area (Å²) < 4.78 is 6.84. The molecule has 136 valence electrons. The molecule has 0 bridgehead atoms. The van der Waals surface area contributed by atoms with Crippen molar-refractivity contribution in [3.8, 4) is 0 Å². The third-order valence-corrected chi connectivity index (χ3v) is 4.29. The summed E-state index contributed by atoms with van der Waals surface area (Å²) in [5, 5.41) is 8.14. The number of hydrogen-bond donors (Lipinski definition) is 1. The molecule has 4 aromatic rings. The lowest BCUT2D eigenvalue weighted by atomic mass is 10.1. The van der Waals surface area contributed by atoms with E-state index in [9.17, 15) is 9.59 Å². The molecule has 0 aliphatic rings. The standard InChI is InChI=1S/C20H18N4O3/c1-11(2)24-20(26)15-7-5-4-6-14(15)18(23-24)19(25)22-13-8-9-16-17(10-13)27-12(3)21-16/h4-11H,1-3H3,(H,22,25). The number of aromatic nitrogens is 3. The molecule has 0 unspecified atom stereocenters. The maximum Gasteiger partial charge on any atom is 0.276 e. The SMILES string of the molecule is Cc1nc2ccc(NC(=O)c3nn(C(C)C)c(=O)c4ccccc34)cc2o1. The van der Waals surface area contributed by atoms with Crippen LogP contribution in [0.2, 0.25) is 0 Å². The van der Waals surface area contributed by atoms with Gasteiger partial charge in [-0.05, 0) is 32.0 Å². The van der Waals surface area contributed by atoms with Gasteiger partial charge in [0.05, 0.1) is 11.4 Å². The maximum atomic E-state index is 12.9. The number of nitrogens with one attached hydrogen (secondary N) is 1. The summed E-state index contributed by atoms with van der Waals surface area (Å²) in [5.74, 6) is 0.168. The zero-order chi connectivity index (χ0) is 19.1. The van der Waals surface area contributed by atoms with Crippen LogP contribution in [0.1, 0.15) is 36.3 Å². The van der Waals surface area contributed by atoms with Gasteiger partial charge < -0.3 is 9.73 Å². The number of oxazole rings is 1. The van der Waals surface area contributed by atoms with E-state index in [-0.39, 0.29) is 17.3 Å². The van der Waals surface area contributed by atoms with E-state index < -0.39 is 5.91 Å². The fraction of sp³-hybridized carbons (Fsp3) is 0.200. The molecule has 0 atom stereocenters. The van der Waals surface area contributed by atoms with Crippen LogP contribution < -0.4 is 10.9 Å². The van der Waals surface area contributed by atoms with Crippen LogP contribution in [0, 0.1) is 6.92 Å². The predicted octanol–water partition coefficient (Wildman–Crippen LogP) is 3.68.